The Balaban J connectivity index is 1.33. The van der Waals surface area contributed by atoms with Gasteiger partial charge in [-0.3, -0.25) is 4.79 Å². The standard InChI is InChI=1S/C22H23NO7S/c1-27-15-2-4-19-17(12-15)18(24)14-22(30-19)6-8-23(9-7-22)31(25,26)16-3-5-20-21(13-16)29-11-10-28-20/h2-5,12-13H,6-11,14H2,1H3. The first kappa shape index (κ1) is 20.1. The van der Waals surface area contributed by atoms with Crippen molar-refractivity contribution in [1.29, 1.82) is 0 Å². The molecule has 0 saturated carbocycles. The third kappa shape index (κ3) is 3.51. The minimum atomic E-state index is -3.69. The Hall–Kier alpha value is -2.78. The highest BCUT2D eigenvalue weighted by Gasteiger charge is 2.45. The largest absolute Gasteiger partial charge is 0.497 e. The van der Waals surface area contributed by atoms with E-state index >= 15 is 0 Å². The lowest BCUT2D eigenvalue weighted by atomic mass is 9.83. The number of fused-ring (bicyclic) bond motifs is 2. The molecule has 2 aromatic rings. The van der Waals surface area contributed by atoms with E-state index in [2.05, 4.69) is 0 Å². The van der Waals surface area contributed by atoms with Gasteiger partial charge >= 0.3 is 0 Å². The van der Waals surface area contributed by atoms with E-state index in [1.807, 2.05) is 0 Å². The Kier molecular flexibility index (Phi) is 4.82. The first-order chi connectivity index (χ1) is 14.9. The van der Waals surface area contributed by atoms with Gasteiger partial charge < -0.3 is 18.9 Å². The number of carbonyl (C=O) groups is 1. The molecule has 1 spiro atoms. The first-order valence-corrected chi connectivity index (χ1v) is 11.6. The summed E-state index contributed by atoms with van der Waals surface area (Å²) in [6, 6.07) is 9.86. The number of Topliss-reactive ketones (excluding diaryl/α,β-unsaturated/α-hetero) is 1. The predicted octanol–water partition coefficient (Wildman–Crippen LogP) is 2.66. The molecule has 164 valence electrons. The zero-order valence-corrected chi connectivity index (χ0v) is 17.9. The van der Waals surface area contributed by atoms with E-state index in [0.717, 1.165) is 0 Å². The quantitative estimate of drug-likeness (QED) is 0.717. The molecule has 8 nitrogen and oxygen atoms in total. The average Bonchev–Trinajstić information content (AvgIpc) is 2.79. The first-order valence-electron chi connectivity index (χ1n) is 10.2. The van der Waals surface area contributed by atoms with Crippen molar-refractivity contribution < 1.29 is 32.2 Å². The molecule has 5 rings (SSSR count). The number of nitrogens with zero attached hydrogens (tertiary/aromatic N) is 1. The molecular weight excluding hydrogens is 422 g/mol. The van der Waals surface area contributed by atoms with E-state index in [0.29, 0.717) is 54.6 Å². The number of piperidine rings is 1. The molecule has 1 fully saturated rings. The van der Waals surface area contributed by atoms with Gasteiger partial charge in [-0.15, -0.1) is 0 Å². The number of carbonyl (C=O) groups excluding carboxylic acids is 1. The normalized spacial score (nSPS) is 20.1. The van der Waals surface area contributed by atoms with Crippen molar-refractivity contribution in [2.24, 2.45) is 0 Å². The lowest BCUT2D eigenvalue weighted by Crippen LogP contribution is -2.52. The molecule has 31 heavy (non-hydrogen) atoms. The van der Waals surface area contributed by atoms with Crippen LogP contribution in [0.1, 0.15) is 29.6 Å². The molecule has 9 heteroatoms. The molecular formula is C22H23NO7S. The van der Waals surface area contributed by atoms with Crippen LogP contribution in [0.5, 0.6) is 23.0 Å². The van der Waals surface area contributed by atoms with Crippen LogP contribution >= 0.6 is 0 Å². The van der Waals surface area contributed by atoms with Crippen molar-refractivity contribution in [2.75, 3.05) is 33.4 Å². The van der Waals surface area contributed by atoms with Gasteiger partial charge in [0.05, 0.1) is 24.0 Å². The second-order valence-electron chi connectivity index (χ2n) is 7.96. The summed E-state index contributed by atoms with van der Waals surface area (Å²) in [5.41, 5.74) is -0.173. The van der Waals surface area contributed by atoms with Gasteiger partial charge in [-0.25, -0.2) is 8.42 Å². The molecule has 0 amide bonds. The lowest BCUT2D eigenvalue weighted by Gasteiger charge is -2.43. The number of methoxy groups -OCH3 is 1. The molecule has 0 atom stereocenters. The summed E-state index contributed by atoms with van der Waals surface area (Å²) < 4.78 is 50.2. The Morgan fingerprint density at radius 1 is 0.968 bits per heavy atom. The van der Waals surface area contributed by atoms with Crippen molar-refractivity contribution in [1.82, 2.24) is 4.31 Å². The van der Waals surface area contributed by atoms with Crippen LogP contribution in [0.3, 0.4) is 0 Å². The fourth-order valence-corrected chi connectivity index (χ4v) is 5.80. The molecule has 0 bridgehead atoms. The van der Waals surface area contributed by atoms with Crippen LogP contribution in [0.2, 0.25) is 0 Å². The van der Waals surface area contributed by atoms with E-state index in [4.69, 9.17) is 18.9 Å². The van der Waals surface area contributed by atoms with Crippen molar-refractivity contribution in [3.63, 3.8) is 0 Å². The monoisotopic (exact) mass is 445 g/mol. The molecule has 3 aliphatic heterocycles. The maximum Gasteiger partial charge on any atom is 0.243 e. The summed E-state index contributed by atoms with van der Waals surface area (Å²) in [4.78, 5) is 12.9. The van der Waals surface area contributed by atoms with Crippen molar-refractivity contribution in [2.45, 2.75) is 29.8 Å². The second kappa shape index (κ2) is 7.42. The third-order valence-electron chi connectivity index (χ3n) is 6.08. The van der Waals surface area contributed by atoms with Crippen LogP contribution in [-0.4, -0.2) is 57.5 Å². The highest BCUT2D eigenvalue weighted by Crippen LogP contribution is 2.41. The summed E-state index contributed by atoms with van der Waals surface area (Å²) >= 11 is 0. The summed E-state index contributed by atoms with van der Waals surface area (Å²) in [5, 5.41) is 0. The molecule has 0 unspecified atom stereocenters. The number of ketones is 1. The summed E-state index contributed by atoms with van der Waals surface area (Å²) in [5.74, 6) is 2.11. The predicted molar refractivity (Wildman–Crippen MR) is 111 cm³/mol. The average molecular weight is 445 g/mol. The minimum absolute atomic E-state index is 0.0108. The third-order valence-corrected chi connectivity index (χ3v) is 7.98. The van der Waals surface area contributed by atoms with Crippen molar-refractivity contribution in [3.05, 3.63) is 42.0 Å². The Morgan fingerprint density at radius 2 is 1.68 bits per heavy atom. The van der Waals surface area contributed by atoms with Crippen LogP contribution in [-0.2, 0) is 10.0 Å². The van der Waals surface area contributed by atoms with E-state index in [1.54, 1.807) is 31.4 Å². The van der Waals surface area contributed by atoms with Gasteiger partial charge in [0.1, 0.15) is 30.3 Å². The number of rotatable bonds is 3. The molecule has 0 aromatic heterocycles. The van der Waals surface area contributed by atoms with Crippen LogP contribution < -0.4 is 18.9 Å². The van der Waals surface area contributed by atoms with Gasteiger partial charge in [-0.1, -0.05) is 0 Å². The molecule has 3 heterocycles. The fraction of sp³-hybridized carbons (Fsp3) is 0.409. The minimum Gasteiger partial charge on any atom is -0.497 e. The van der Waals surface area contributed by atoms with Crippen LogP contribution in [0.15, 0.2) is 41.3 Å². The second-order valence-corrected chi connectivity index (χ2v) is 9.89. The smallest absolute Gasteiger partial charge is 0.243 e. The van der Waals surface area contributed by atoms with Gasteiger partial charge in [0.25, 0.3) is 0 Å². The fourth-order valence-electron chi connectivity index (χ4n) is 4.35. The van der Waals surface area contributed by atoms with Gasteiger partial charge in [0.15, 0.2) is 17.3 Å². The zero-order chi connectivity index (χ0) is 21.6. The number of hydrogen-bond donors (Lipinski definition) is 0. The SMILES string of the molecule is COc1ccc2c(c1)C(=O)CC1(CCN(S(=O)(=O)c3ccc4c(c3)OCCO4)CC1)O2. The molecule has 2 aromatic carbocycles. The molecule has 0 N–H and O–H groups in total. The van der Waals surface area contributed by atoms with Gasteiger partial charge in [0, 0.05) is 32.0 Å². The lowest BCUT2D eigenvalue weighted by molar-refractivity contribution is 0.00583. The van der Waals surface area contributed by atoms with Crippen molar-refractivity contribution >= 4 is 15.8 Å². The number of sulfonamides is 1. The summed E-state index contributed by atoms with van der Waals surface area (Å²) in [7, 11) is -2.14. The molecule has 0 aliphatic carbocycles. The topological polar surface area (TPSA) is 91.4 Å². The Labute approximate surface area is 180 Å². The maximum atomic E-state index is 13.2. The number of ether oxygens (including phenoxy) is 4. The van der Waals surface area contributed by atoms with E-state index in [1.165, 1.54) is 16.4 Å². The number of benzene rings is 2. The van der Waals surface area contributed by atoms with Crippen LogP contribution in [0.4, 0.5) is 0 Å². The van der Waals surface area contributed by atoms with Gasteiger partial charge in [0.2, 0.25) is 10.0 Å². The van der Waals surface area contributed by atoms with Crippen molar-refractivity contribution in [3.8, 4) is 23.0 Å². The van der Waals surface area contributed by atoms with Crippen LogP contribution in [0.25, 0.3) is 0 Å². The Bertz CT molecular complexity index is 1140. The van der Waals surface area contributed by atoms with E-state index < -0.39 is 15.6 Å². The molecule has 3 aliphatic rings. The van der Waals surface area contributed by atoms with Gasteiger partial charge in [-0.2, -0.15) is 4.31 Å². The van der Waals surface area contributed by atoms with Crippen LogP contribution in [0, 0.1) is 0 Å². The maximum absolute atomic E-state index is 13.2. The molecule has 0 radical (unpaired) electrons. The Morgan fingerprint density at radius 3 is 2.42 bits per heavy atom. The highest BCUT2D eigenvalue weighted by molar-refractivity contribution is 7.89. The molecule has 1 saturated heterocycles. The summed E-state index contributed by atoms with van der Waals surface area (Å²) in [6.07, 6.45) is 1.10. The van der Waals surface area contributed by atoms with E-state index in [-0.39, 0.29) is 30.2 Å². The van der Waals surface area contributed by atoms with Gasteiger partial charge in [-0.05, 0) is 30.3 Å². The highest BCUT2D eigenvalue weighted by atomic mass is 32.2. The zero-order valence-electron chi connectivity index (χ0n) is 17.1. The summed E-state index contributed by atoms with van der Waals surface area (Å²) in [6.45, 7) is 1.38. The number of hydrogen-bond acceptors (Lipinski definition) is 7. The van der Waals surface area contributed by atoms with E-state index in [9.17, 15) is 13.2 Å².